The van der Waals surface area contributed by atoms with Crippen molar-refractivity contribution in [1.82, 2.24) is 20.0 Å². The zero-order valence-corrected chi connectivity index (χ0v) is 16.8. The van der Waals surface area contributed by atoms with Crippen molar-refractivity contribution in [3.05, 3.63) is 65.9 Å². The van der Waals surface area contributed by atoms with Crippen molar-refractivity contribution in [2.45, 2.75) is 31.7 Å². The van der Waals surface area contributed by atoms with E-state index >= 15 is 0 Å². The minimum atomic E-state index is 0.0864. The van der Waals surface area contributed by atoms with Crippen LogP contribution in [-0.4, -0.2) is 58.1 Å². The number of nitrogens with zero attached hydrogens (tertiary/aromatic N) is 3. The van der Waals surface area contributed by atoms with Gasteiger partial charge in [-0.2, -0.15) is 5.10 Å². The van der Waals surface area contributed by atoms with Crippen LogP contribution in [0.4, 0.5) is 0 Å². The Bertz CT molecular complexity index is 983. The first kappa shape index (κ1) is 18.4. The first-order valence-corrected chi connectivity index (χ1v) is 10.8. The van der Waals surface area contributed by atoms with Gasteiger partial charge in [0.15, 0.2) is 5.69 Å². The van der Waals surface area contributed by atoms with Crippen molar-refractivity contribution in [3.63, 3.8) is 0 Å². The van der Waals surface area contributed by atoms with E-state index in [1.165, 1.54) is 18.4 Å². The number of benzene rings is 2. The van der Waals surface area contributed by atoms with Gasteiger partial charge in [-0.05, 0) is 49.8 Å². The van der Waals surface area contributed by atoms with Gasteiger partial charge in [0.25, 0.3) is 5.91 Å². The monoisotopic (exact) mass is 388 g/mol. The number of fused-ring (bicyclic) bond motifs is 5. The van der Waals surface area contributed by atoms with Gasteiger partial charge >= 0.3 is 0 Å². The third kappa shape index (κ3) is 3.79. The van der Waals surface area contributed by atoms with E-state index < -0.39 is 0 Å². The van der Waals surface area contributed by atoms with Crippen LogP contribution in [0.5, 0.6) is 0 Å². The molecule has 3 aliphatic heterocycles. The molecule has 150 valence electrons. The smallest absolute Gasteiger partial charge is 0.275 e. The zero-order chi connectivity index (χ0) is 19.6. The summed E-state index contributed by atoms with van der Waals surface area (Å²) in [4.78, 5) is 18.0. The third-order valence-electron chi connectivity index (χ3n) is 6.51. The summed E-state index contributed by atoms with van der Waals surface area (Å²) in [7, 11) is 0. The highest BCUT2D eigenvalue weighted by molar-refractivity contribution is 6.04. The number of aryl methyl sites for hydroxylation is 1. The van der Waals surface area contributed by atoms with Gasteiger partial charge in [-0.3, -0.25) is 9.89 Å². The number of hydrogen-bond donors (Lipinski definition) is 1. The molecule has 1 N–H and O–H groups in total. The summed E-state index contributed by atoms with van der Waals surface area (Å²) in [6, 6.07) is 18.9. The molecule has 3 fully saturated rings. The lowest BCUT2D eigenvalue weighted by Crippen LogP contribution is -2.47. The normalized spacial score (nSPS) is 22.1. The summed E-state index contributed by atoms with van der Waals surface area (Å²) >= 11 is 0. The Morgan fingerprint density at radius 3 is 2.72 bits per heavy atom. The van der Waals surface area contributed by atoms with Crippen LogP contribution in [0.3, 0.4) is 0 Å². The van der Waals surface area contributed by atoms with E-state index in [1.807, 2.05) is 24.3 Å². The highest BCUT2D eigenvalue weighted by Gasteiger charge is 2.38. The van der Waals surface area contributed by atoms with Crippen LogP contribution in [-0.2, 0) is 6.42 Å². The fraction of sp³-hybridized carbons (Fsp3) is 0.417. The van der Waals surface area contributed by atoms with Crippen LogP contribution in [0.25, 0.3) is 10.9 Å². The molecule has 0 aliphatic carbocycles. The maximum atomic E-state index is 13.3. The van der Waals surface area contributed by atoms with E-state index in [-0.39, 0.29) is 5.91 Å². The highest BCUT2D eigenvalue weighted by atomic mass is 16.2. The Labute approximate surface area is 171 Å². The Morgan fingerprint density at radius 1 is 1.00 bits per heavy atom. The maximum Gasteiger partial charge on any atom is 0.275 e. The van der Waals surface area contributed by atoms with Crippen LogP contribution < -0.4 is 0 Å². The molecular formula is C24H28N4O. The molecule has 3 aliphatic rings. The molecular weight excluding hydrogens is 360 g/mol. The Balaban J connectivity index is 1.26. The van der Waals surface area contributed by atoms with E-state index in [2.05, 4.69) is 50.3 Å². The zero-order valence-electron chi connectivity index (χ0n) is 16.8. The average molecular weight is 389 g/mol. The number of aromatic nitrogens is 2. The number of nitrogens with one attached hydrogen (secondary N) is 1. The molecule has 29 heavy (non-hydrogen) atoms. The van der Waals surface area contributed by atoms with E-state index in [9.17, 15) is 4.79 Å². The van der Waals surface area contributed by atoms with Gasteiger partial charge in [0, 0.05) is 31.1 Å². The van der Waals surface area contributed by atoms with Crippen molar-refractivity contribution in [2.24, 2.45) is 5.92 Å². The van der Waals surface area contributed by atoms with E-state index in [0.717, 1.165) is 49.9 Å². The van der Waals surface area contributed by atoms with Crippen LogP contribution in [0.2, 0.25) is 0 Å². The van der Waals surface area contributed by atoms with Gasteiger partial charge in [-0.1, -0.05) is 48.5 Å². The lowest BCUT2D eigenvalue weighted by atomic mass is 9.94. The van der Waals surface area contributed by atoms with Crippen molar-refractivity contribution in [2.75, 3.05) is 26.2 Å². The molecule has 0 unspecified atom stereocenters. The van der Waals surface area contributed by atoms with E-state index in [0.29, 0.717) is 17.7 Å². The van der Waals surface area contributed by atoms with Crippen molar-refractivity contribution in [3.8, 4) is 0 Å². The van der Waals surface area contributed by atoms with E-state index in [4.69, 9.17) is 0 Å². The SMILES string of the molecule is O=C(c1n[nH]c2ccccc12)N1C[C@H]2CC[C@@H]1CN(CCCc1ccccc1)C2. The topological polar surface area (TPSA) is 52.2 Å². The number of carbonyl (C=O) groups excluding carboxylic acids is 1. The van der Waals surface area contributed by atoms with Crippen LogP contribution in [0, 0.1) is 5.92 Å². The van der Waals surface area contributed by atoms with Gasteiger partial charge in [0.1, 0.15) is 0 Å². The second kappa shape index (κ2) is 7.99. The molecule has 0 spiro atoms. The standard InChI is InChI=1S/C24H28N4O/c29-24(23-21-10-4-5-11-22(21)25-26-23)28-16-19-12-13-20(28)17-27(15-19)14-6-9-18-7-2-1-3-8-18/h1-5,7-8,10-11,19-20H,6,9,12-17H2,(H,25,26)/t19-,20+/m0/s1. The Morgan fingerprint density at radius 2 is 1.83 bits per heavy atom. The molecule has 4 heterocycles. The number of para-hydroxylation sites is 1. The Hall–Kier alpha value is -2.66. The predicted molar refractivity (Wildman–Crippen MR) is 115 cm³/mol. The highest BCUT2D eigenvalue weighted by Crippen LogP contribution is 2.30. The van der Waals surface area contributed by atoms with E-state index in [1.54, 1.807) is 0 Å². The summed E-state index contributed by atoms with van der Waals surface area (Å²) in [5.41, 5.74) is 2.91. The number of amides is 1. The molecule has 2 bridgehead atoms. The molecule has 0 radical (unpaired) electrons. The van der Waals surface area contributed by atoms with Crippen LogP contribution in [0.15, 0.2) is 54.6 Å². The second-order valence-electron chi connectivity index (χ2n) is 8.52. The molecule has 0 saturated carbocycles. The summed E-state index contributed by atoms with van der Waals surface area (Å²) in [5, 5.41) is 8.30. The number of carbonyl (C=O) groups is 1. The number of aromatic amines is 1. The molecule has 1 amide bonds. The quantitative estimate of drug-likeness (QED) is 0.725. The first-order valence-electron chi connectivity index (χ1n) is 10.8. The predicted octanol–water partition coefficient (Wildman–Crippen LogP) is 3.73. The minimum absolute atomic E-state index is 0.0864. The second-order valence-corrected chi connectivity index (χ2v) is 8.52. The van der Waals surface area contributed by atoms with Gasteiger partial charge in [0.05, 0.1) is 5.52 Å². The molecule has 1 aromatic heterocycles. The minimum Gasteiger partial charge on any atom is -0.333 e. The lowest BCUT2D eigenvalue weighted by Gasteiger charge is -2.35. The molecule has 3 saturated heterocycles. The maximum absolute atomic E-state index is 13.3. The Kier molecular flexibility index (Phi) is 5.06. The fourth-order valence-electron chi connectivity index (χ4n) is 5.02. The first-order chi connectivity index (χ1) is 14.3. The van der Waals surface area contributed by atoms with Gasteiger partial charge in [-0.15, -0.1) is 0 Å². The van der Waals surface area contributed by atoms with Gasteiger partial charge < -0.3 is 9.80 Å². The molecule has 2 atom stereocenters. The summed E-state index contributed by atoms with van der Waals surface area (Å²) in [6.45, 7) is 4.06. The van der Waals surface area contributed by atoms with Crippen molar-refractivity contribution in [1.29, 1.82) is 0 Å². The van der Waals surface area contributed by atoms with Crippen molar-refractivity contribution < 1.29 is 4.79 Å². The third-order valence-corrected chi connectivity index (χ3v) is 6.51. The number of rotatable bonds is 5. The van der Waals surface area contributed by atoms with Gasteiger partial charge in [-0.25, -0.2) is 0 Å². The van der Waals surface area contributed by atoms with Gasteiger partial charge in [0.2, 0.25) is 0 Å². The van der Waals surface area contributed by atoms with Crippen LogP contribution >= 0.6 is 0 Å². The fourth-order valence-corrected chi connectivity index (χ4v) is 5.02. The summed E-state index contributed by atoms with van der Waals surface area (Å²) in [5.74, 6) is 0.655. The number of hydrogen-bond acceptors (Lipinski definition) is 3. The van der Waals surface area contributed by atoms with Crippen molar-refractivity contribution >= 4 is 16.8 Å². The molecule has 5 heteroatoms. The average Bonchev–Trinajstić information content (AvgIpc) is 2.99. The molecule has 5 nitrogen and oxygen atoms in total. The molecule has 3 aromatic rings. The molecule has 6 rings (SSSR count). The summed E-state index contributed by atoms with van der Waals surface area (Å²) < 4.78 is 0. The number of piperidine rings is 1. The molecule has 2 aromatic carbocycles. The number of H-pyrrole nitrogens is 1. The van der Waals surface area contributed by atoms with Crippen LogP contribution in [0.1, 0.15) is 35.3 Å². The largest absolute Gasteiger partial charge is 0.333 e. The lowest BCUT2D eigenvalue weighted by molar-refractivity contribution is 0.0581. The summed E-state index contributed by atoms with van der Waals surface area (Å²) in [6.07, 6.45) is 4.62.